The molecule has 0 bridgehead atoms. The highest BCUT2D eigenvalue weighted by Crippen LogP contribution is 2.30. The molecule has 0 radical (unpaired) electrons. The standard InChI is InChI=1S/C27H32N2O2/c1-20(2)19-31-25-14-10-23(11-15-25)28-27(30)16-17-29(24-12-13-24)18-22-8-5-7-21-6-3-4-9-26(21)22/h3-11,14-15,20,24H,12-13,16-19H2,1-2H3,(H,28,30). The average molecular weight is 417 g/mol. The topological polar surface area (TPSA) is 41.6 Å². The number of carbonyl (C=O) groups excluding carboxylic acids is 1. The Hall–Kier alpha value is -2.85. The lowest BCUT2D eigenvalue weighted by Crippen LogP contribution is -2.29. The Morgan fingerprint density at radius 3 is 2.52 bits per heavy atom. The van der Waals surface area contributed by atoms with Gasteiger partial charge in [0.25, 0.3) is 0 Å². The first-order chi connectivity index (χ1) is 15.1. The van der Waals surface area contributed by atoms with E-state index >= 15 is 0 Å². The maximum absolute atomic E-state index is 12.6. The fraction of sp³-hybridized carbons (Fsp3) is 0.370. The lowest BCUT2D eigenvalue weighted by atomic mass is 10.0. The highest BCUT2D eigenvalue weighted by molar-refractivity contribution is 5.91. The first kappa shape index (κ1) is 21.4. The number of amides is 1. The number of carbonyl (C=O) groups is 1. The number of ether oxygens (including phenoxy) is 1. The molecule has 1 N–H and O–H groups in total. The second-order valence-corrected chi connectivity index (χ2v) is 8.87. The second-order valence-electron chi connectivity index (χ2n) is 8.87. The van der Waals surface area contributed by atoms with Crippen LogP contribution in [0.25, 0.3) is 10.8 Å². The molecule has 1 aliphatic carbocycles. The second kappa shape index (κ2) is 9.97. The number of hydrogen-bond acceptors (Lipinski definition) is 3. The van der Waals surface area contributed by atoms with Crippen LogP contribution in [0.3, 0.4) is 0 Å². The Balaban J connectivity index is 1.32. The minimum atomic E-state index is 0.0550. The van der Waals surface area contributed by atoms with Gasteiger partial charge in [0.15, 0.2) is 0 Å². The number of benzene rings is 3. The van der Waals surface area contributed by atoms with Gasteiger partial charge in [-0.1, -0.05) is 56.3 Å². The number of nitrogens with zero attached hydrogens (tertiary/aromatic N) is 1. The van der Waals surface area contributed by atoms with E-state index < -0.39 is 0 Å². The smallest absolute Gasteiger partial charge is 0.225 e. The van der Waals surface area contributed by atoms with E-state index in [9.17, 15) is 4.79 Å². The molecule has 1 aliphatic rings. The minimum Gasteiger partial charge on any atom is -0.493 e. The van der Waals surface area contributed by atoms with Crippen molar-refractivity contribution in [2.24, 2.45) is 5.92 Å². The van der Waals surface area contributed by atoms with Crippen molar-refractivity contribution in [3.05, 3.63) is 72.3 Å². The number of anilines is 1. The van der Waals surface area contributed by atoms with Crippen molar-refractivity contribution < 1.29 is 9.53 Å². The van der Waals surface area contributed by atoms with Gasteiger partial charge in [0.05, 0.1) is 6.61 Å². The van der Waals surface area contributed by atoms with E-state index in [4.69, 9.17) is 4.74 Å². The fourth-order valence-corrected chi connectivity index (χ4v) is 3.85. The molecular weight excluding hydrogens is 384 g/mol. The third kappa shape index (κ3) is 6.08. The molecule has 3 aromatic carbocycles. The van der Waals surface area contributed by atoms with E-state index in [1.54, 1.807) is 0 Å². The van der Waals surface area contributed by atoms with E-state index in [0.29, 0.717) is 25.0 Å². The zero-order chi connectivity index (χ0) is 21.6. The van der Waals surface area contributed by atoms with Crippen molar-refractivity contribution in [3.63, 3.8) is 0 Å². The van der Waals surface area contributed by atoms with Crippen LogP contribution in [0.4, 0.5) is 5.69 Å². The first-order valence-electron chi connectivity index (χ1n) is 11.3. The summed E-state index contributed by atoms with van der Waals surface area (Å²) in [4.78, 5) is 15.0. The van der Waals surface area contributed by atoms with Gasteiger partial charge in [0.1, 0.15) is 5.75 Å². The van der Waals surface area contributed by atoms with Gasteiger partial charge in [0.2, 0.25) is 5.91 Å². The Morgan fingerprint density at radius 2 is 1.77 bits per heavy atom. The molecule has 162 valence electrons. The Labute approximate surface area is 185 Å². The predicted molar refractivity (Wildman–Crippen MR) is 127 cm³/mol. The van der Waals surface area contributed by atoms with Gasteiger partial charge in [0, 0.05) is 31.2 Å². The highest BCUT2D eigenvalue weighted by atomic mass is 16.5. The molecule has 0 aromatic heterocycles. The first-order valence-corrected chi connectivity index (χ1v) is 11.3. The van der Waals surface area contributed by atoms with E-state index in [1.807, 2.05) is 24.3 Å². The number of nitrogens with one attached hydrogen (secondary N) is 1. The zero-order valence-corrected chi connectivity index (χ0v) is 18.5. The molecule has 0 saturated heterocycles. The summed E-state index contributed by atoms with van der Waals surface area (Å²) in [5.74, 6) is 1.38. The molecule has 4 rings (SSSR count). The van der Waals surface area contributed by atoms with Crippen LogP contribution < -0.4 is 10.1 Å². The monoisotopic (exact) mass is 416 g/mol. The van der Waals surface area contributed by atoms with Crippen LogP contribution in [-0.2, 0) is 11.3 Å². The predicted octanol–water partition coefficient (Wildman–Crippen LogP) is 5.87. The summed E-state index contributed by atoms with van der Waals surface area (Å²) in [7, 11) is 0. The van der Waals surface area contributed by atoms with E-state index in [0.717, 1.165) is 24.5 Å². The summed E-state index contributed by atoms with van der Waals surface area (Å²) >= 11 is 0. The lowest BCUT2D eigenvalue weighted by molar-refractivity contribution is -0.116. The van der Waals surface area contributed by atoms with Gasteiger partial charge in [-0.2, -0.15) is 0 Å². The molecule has 0 heterocycles. The molecule has 1 amide bonds. The highest BCUT2D eigenvalue weighted by Gasteiger charge is 2.29. The van der Waals surface area contributed by atoms with Crippen LogP contribution in [0.5, 0.6) is 5.75 Å². The Morgan fingerprint density at radius 1 is 1.03 bits per heavy atom. The van der Waals surface area contributed by atoms with Gasteiger partial charge in [-0.3, -0.25) is 9.69 Å². The molecule has 0 aliphatic heterocycles. The van der Waals surface area contributed by atoms with Gasteiger partial charge >= 0.3 is 0 Å². The quantitative estimate of drug-likeness (QED) is 0.449. The summed E-state index contributed by atoms with van der Waals surface area (Å²) in [5, 5.41) is 5.60. The number of fused-ring (bicyclic) bond motifs is 1. The maximum Gasteiger partial charge on any atom is 0.225 e. The Kier molecular flexibility index (Phi) is 6.88. The van der Waals surface area contributed by atoms with Crippen LogP contribution in [0, 0.1) is 5.92 Å². The van der Waals surface area contributed by atoms with Crippen molar-refractivity contribution in [3.8, 4) is 5.75 Å². The van der Waals surface area contributed by atoms with E-state index in [2.05, 4.69) is 66.5 Å². The Bertz CT molecular complexity index is 1000. The van der Waals surface area contributed by atoms with Gasteiger partial charge in [-0.25, -0.2) is 0 Å². The number of hydrogen-bond donors (Lipinski definition) is 1. The van der Waals surface area contributed by atoms with Gasteiger partial charge in [-0.05, 0) is 59.4 Å². The molecule has 4 nitrogen and oxygen atoms in total. The maximum atomic E-state index is 12.6. The normalized spacial score (nSPS) is 13.7. The largest absolute Gasteiger partial charge is 0.493 e. The number of rotatable bonds is 10. The van der Waals surface area contributed by atoms with Gasteiger partial charge < -0.3 is 10.1 Å². The molecule has 3 aromatic rings. The zero-order valence-electron chi connectivity index (χ0n) is 18.5. The summed E-state index contributed by atoms with van der Waals surface area (Å²) in [6, 6.07) is 23.3. The summed E-state index contributed by atoms with van der Waals surface area (Å²) in [6.07, 6.45) is 2.95. The van der Waals surface area contributed by atoms with Crippen molar-refractivity contribution in [1.82, 2.24) is 4.90 Å². The summed E-state index contributed by atoms with van der Waals surface area (Å²) in [5.41, 5.74) is 2.15. The van der Waals surface area contributed by atoms with E-state index in [1.165, 1.54) is 29.2 Å². The van der Waals surface area contributed by atoms with Crippen LogP contribution >= 0.6 is 0 Å². The molecule has 0 spiro atoms. The minimum absolute atomic E-state index is 0.0550. The third-order valence-electron chi connectivity index (χ3n) is 5.66. The molecule has 0 unspecified atom stereocenters. The molecular formula is C27H32N2O2. The van der Waals surface area contributed by atoms with Crippen LogP contribution in [-0.4, -0.2) is 30.0 Å². The van der Waals surface area contributed by atoms with Crippen molar-refractivity contribution in [2.45, 2.75) is 45.7 Å². The third-order valence-corrected chi connectivity index (χ3v) is 5.66. The van der Waals surface area contributed by atoms with Crippen LogP contribution in [0.15, 0.2) is 66.7 Å². The van der Waals surface area contributed by atoms with Crippen molar-refractivity contribution >= 4 is 22.4 Å². The SMILES string of the molecule is CC(C)COc1ccc(NC(=O)CCN(Cc2cccc3ccccc23)C2CC2)cc1. The molecule has 1 fully saturated rings. The lowest BCUT2D eigenvalue weighted by Gasteiger charge is -2.22. The fourth-order valence-electron chi connectivity index (χ4n) is 3.85. The van der Waals surface area contributed by atoms with Crippen molar-refractivity contribution in [1.29, 1.82) is 0 Å². The average Bonchev–Trinajstić information content (AvgIpc) is 3.61. The summed E-state index contributed by atoms with van der Waals surface area (Å²) < 4.78 is 5.71. The molecule has 4 heteroatoms. The molecule has 1 saturated carbocycles. The van der Waals surface area contributed by atoms with Gasteiger partial charge in [-0.15, -0.1) is 0 Å². The molecule has 0 atom stereocenters. The van der Waals surface area contributed by atoms with Crippen LogP contribution in [0.2, 0.25) is 0 Å². The van der Waals surface area contributed by atoms with Crippen LogP contribution in [0.1, 0.15) is 38.7 Å². The summed E-state index contributed by atoms with van der Waals surface area (Å²) in [6.45, 7) is 6.61. The van der Waals surface area contributed by atoms with Crippen molar-refractivity contribution in [2.75, 3.05) is 18.5 Å². The molecule has 31 heavy (non-hydrogen) atoms. The van der Waals surface area contributed by atoms with E-state index in [-0.39, 0.29) is 5.91 Å².